The number of carboxylic acid groups (broad SMARTS) is 1. The summed E-state index contributed by atoms with van der Waals surface area (Å²) >= 11 is 0. The Morgan fingerprint density at radius 1 is 1.07 bits per heavy atom. The maximum atomic E-state index is 12.7. The molecule has 0 aliphatic carbocycles. The highest BCUT2D eigenvalue weighted by molar-refractivity contribution is 7.89. The molecule has 1 saturated heterocycles. The van der Waals surface area contributed by atoms with E-state index in [4.69, 9.17) is 5.11 Å². The fourth-order valence-corrected chi connectivity index (χ4v) is 4.26. The highest BCUT2D eigenvalue weighted by Crippen LogP contribution is 2.19. The predicted octanol–water partition coefficient (Wildman–Crippen LogP) is 0.0861. The maximum absolute atomic E-state index is 12.7. The Morgan fingerprint density at radius 3 is 2.07 bits per heavy atom. The van der Waals surface area contributed by atoms with Gasteiger partial charge >= 0.3 is 5.97 Å². The van der Waals surface area contributed by atoms with Crippen LogP contribution in [0, 0.1) is 0 Å². The predicted molar refractivity (Wildman–Crippen MR) is 96.7 cm³/mol. The van der Waals surface area contributed by atoms with E-state index in [1.165, 1.54) is 35.5 Å². The Bertz CT molecular complexity index is 814. The summed E-state index contributed by atoms with van der Waals surface area (Å²) in [4.78, 5) is 37.3. The van der Waals surface area contributed by atoms with Crippen LogP contribution in [0.3, 0.4) is 0 Å². The van der Waals surface area contributed by atoms with Crippen molar-refractivity contribution >= 4 is 27.8 Å². The van der Waals surface area contributed by atoms with E-state index in [0.717, 1.165) is 4.90 Å². The molecule has 0 atom stereocenters. The van der Waals surface area contributed by atoms with Gasteiger partial charge in [0.1, 0.15) is 6.54 Å². The van der Waals surface area contributed by atoms with Crippen molar-refractivity contribution in [1.82, 2.24) is 14.1 Å². The lowest BCUT2D eigenvalue weighted by atomic mass is 10.2. The first-order valence-corrected chi connectivity index (χ1v) is 9.97. The molecule has 1 N–H and O–H groups in total. The summed E-state index contributed by atoms with van der Waals surface area (Å²) in [5.74, 6) is -1.68. The molecule has 2 rings (SSSR count). The third-order valence-corrected chi connectivity index (χ3v) is 6.33. The molecule has 0 radical (unpaired) electrons. The van der Waals surface area contributed by atoms with Crippen molar-refractivity contribution in [1.29, 1.82) is 0 Å². The standard InChI is InChI=1S/C17H23N3O6S/c1-3-18(12-16(22)23)17(24)14-4-6-15(7-5-14)27(25,26)20-10-8-19(9-11-20)13(2)21/h4-7H,3,8-12H2,1-2H3,(H,22,23). The molecule has 27 heavy (non-hydrogen) atoms. The minimum absolute atomic E-state index is 0.0524. The molecule has 9 nitrogen and oxygen atoms in total. The monoisotopic (exact) mass is 397 g/mol. The fourth-order valence-electron chi connectivity index (χ4n) is 2.83. The zero-order valence-electron chi connectivity index (χ0n) is 15.3. The minimum atomic E-state index is -3.72. The number of benzene rings is 1. The van der Waals surface area contributed by atoms with Crippen LogP contribution in [-0.2, 0) is 19.6 Å². The summed E-state index contributed by atoms with van der Waals surface area (Å²) in [5, 5.41) is 8.86. The number of rotatable bonds is 6. The second-order valence-electron chi connectivity index (χ2n) is 6.15. The molecule has 10 heteroatoms. The second kappa shape index (κ2) is 8.49. The van der Waals surface area contributed by atoms with E-state index in [1.807, 2.05) is 0 Å². The van der Waals surface area contributed by atoms with E-state index in [2.05, 4.69) is 0 Å². The number of carboxylic acids is 1. The Kier molecular flexibility index (Phi) is 6.55. The molecular weight excluding hydrogens is 374 g/mol. The van der Waals surface area contributed by atoms with Crippen LogP contribution in [-0.4, -0.2) is 84.7 Å². The summed E-state index contributed by atoms with van der Waals surface area (Å²) in [6.07, 6.45) is 0. The van der Waals surface area contributed by atoms with E-state index in [9.17, 15) is 22.8 Å². The van der Waals surface area contributed by atoms with Crippen molar-refractivity contribution < 1.29 is 27.9 Å². The van der Waals surface area contributed by atoms with E-state index < -0.39 is 28.4 Å². The van der Waals surface area contributed by atoms with Gasteiger partial charge in [-0.3, -0.25) is 14.4 Å². The average molecular weight is 397 g/mol. The van der Waals surface area contributed by atoms with Crippen LogP contribution in [0.25, 0.3) is 0 Å². The zero-order valence-corrected chi connectivity index (χ0v) is 16.1. The van der Waals surface area contributed by atoms with Gasteiger partial charge in [0.2, 0.25) is 15.9 Å². The van der Waals surface area contributed by atoms with Crippen LogP contribution in [0.5, 0.6) is 0 Å². The van der Waals surface area contributed by atoms with Gasteiger partial charge in [-0.15, -0.1) is 0 Å². The van der Waals surface area contributed by atoms with E-state index in [1.54, 1.807) is 11.8 Å². The summed E-state index contributed by atoms with van der Waals surface area (Å²) in [7, 11) is -3.72. The molecule has 1 aliphatic heterocycles. The molecule has 0 aromatic heterocycles. The molecule has 1 aromatic rings. The van der Waals surface area contributed by atoms with Crippen molar-refractivity contribution in [3.63, 3.8) is 0 Å². The number of sulfonamides is 1. The summed E-state index contributed by atoms with van der Waals surface area (Å²) in [5.41, 5.74) is 0.221. The average Bonchev–Trinajstić information content (AvgIpc) is 2.65. The lowest BCUT2D eigenvalue weighted by molar-refractivity contribution is -0.137. The minimum Gasteiger partial charge on any atom is -0.480 e. The van der Waals surface area contributed by atoms with Gasteiger partial charge in [0.15, 0.2) is 0 Å². The Hall–Kier alpha value is -2.46. The smallest absolute Gasteiger partial charge is 0.323 e. The van der Waals surface area contributed by atoms with Crippen LogP contribution in [0.1, 0.15) is 24.2 Å². The van der Waals surface area contributed by atoms with Gasteiger partial charge in [-0.05, 0) is 31.2 Å². The molecule has 2 amide bonds. The molecule has 1 fully saturated rings. The van der Waals surface area contributed by atoms with Crippen molar-refractivity contribution in [3.8, 4) is 0 Å². The number of carbonyl (C=O) groups is 3. The van der Waals surface area contributed by atoms with Crippen molar-refractivity contribution in [2.24, 2.45) is 0 Å². The number of likely N-dealkylation sites (N-methyl/N-ethyl adjacent to an activating group) is 1. The first-order chi connectivity index (χ1) is 12.7. The SMILES string of the molecule is CCN(CC(=O)O)C(=O)c1ccc(S(=O)(=O)N2CCN(C(C)=O)CC2)cc1. The molecule has 1 aliphatic rings. The van der Waals surface area contributed by atoms with Gasteiger partial charge < -0.3 is 14.9 Å². The third-order valence-electron chi connectivity index (χ3n) is 4.42. The first kappa shape index (κ1) is 20.8. The number of nitrogens with zero attached hydrogens (tertiary/aromatic N) is 3. The molecule has 0 bridgehead atoms. The zero-order chi connectivity index (χ0) is 20.2. The molecule has 0 saturated carbocycles. The van der Waals surface area contributed by atoms with Gasteiger partial charge in [0.25, 0.3) is 5.91 Å². The lowest BCUT2D eigenvalue weighted by Crippen LogP contribution is -2.49. The molecule has 148 valence electrons. The van der Waals surface area contributed by atoms with E-state index in [-0.39, 0.29) is 36.0 Å². The third kappa shape index (κ3) is 4.83. The maximum Gasteiger partial charge on any atom is 0.323 e. The van der Waals surface area contributed by atoms with Crippen LogP contribution < -0.4 is 0 Å². The number of hydrogen-bond donors (Lipinski definition) is 1. The Morgan fingerprint density at radius 2 is 1.63 bits per heavy atom. The number of carbonyl (C=O) groups excluding carboxylic acids is 2. The topological polar surface area (TPSA) is 115 Å². The van der Waals surface area contributed by atoms with E-state index >= 15 is 0 Å². The molecule has 0 spiro atoms. The van der Waals surface area contributed by atoms with Gasteiger partial charge in [0.05, 0.1) is 4.90 Å². The first-order valence-electron chi connectivity index (χ1n) is 8.53. The quantitative estimate of drug-likeness (QED) is 0.727. The highest BCUT2D eigenvalue weighted by atomic mass is 32.2. The normalized spacial score (nSPS) is 15.4. The second-order valence-corrected chi connectivity index (χ2v) is 8.09. The van der Waals surface area contributed by atoms with E-state index in [0.29, 0.717) is 13.1 Å². The molecule has 1 aromatic carbocycles. The van der Waals surface area contributed by atoms with Crippen molar-refractivity contribution in [3.05, 3.63) is 29.8 Å². The molecule has 1 heterocycles. The van der Waals surface area contributed by atoms with Crippen LogP contribution >= 0.6 is 0 Å². The largest absolute Gasteiger partial charge is 0.480 e. The number of aliphatic carboxylic acids is 1. The lowest BCUT2D eigenvalue weighted by Gasteiger charge is -2.33. The van der Waals surface area contributed by atoms with Gasteiger partial charge in [0, 0.05) is 45.2 Å². The van der Waals surface area contributed by atoms with Crippen molar-refractivity contribution in [2.45, 2.75) is 18.7 Å². The number of amides is 2. The summed E-state index contributed by atoms with van der Waals surface area (Å²) < 4.78 is 26.8. The summed E-state index contributed by atoms with van der Waals surface area (Å²) in [6, 6.07) is 5.44. The van der Waals surface area contributed by atoms with Gasteiger partial charge in [-0.2, -0.15) is 4.31 Å². The highest BCUT2D eigenvalue weighted by Gasteiger charge is 2.29. The summed E-state index contributed by atoms with van der Waals surface area (Å²) in [6.45, 7) is 4.03. The van der Waals surface area contributed by atoms with Crippen LogP contribution in [0.15, 0.2) is 29.2 Å². The van der Waals surface area contributed by atoms with Gasteiger partial charge in [-0.25, -0.2) is 8.42 Å². The Balaban J connectivity index is 2.13. The van der Waals surface area contributed by atoms with Gasteiger partial charge in [-0.1, -0.05) is 0 Å². The molecule has 0 unspecified atom stereocenters. The number of hydrogen-bond acceptors (Lipinski definition) is 5. The molecular formula is C17H23N3O6S. The fraction of sp³-hybridized carbons (Fsp3) is 0.471. The Labute approximate surface area is 158 Å². The van der Waals surface area contributed by atoms with Crippen LogP contribution in [0.4, 0.5) is 0 Å². The number of piperazine rings is 1. The van der Waals surface area contributed by atoms with Crippen LogP contribution in [0.2, 0.25) is 0 Å². The van der Waals surface area contributed by atoms with Crippen molar-refractivity contribution in [2.75, 3.05) is 39.3 Å².